The summed E-state index contributed by atoms with van der Waals surface area (Å²) in [5, 5.41) is 3.44. The van der Waals surface area contributed by atoms with Gasteiger partial charge in [0.05, 0.1) is 7.11 Å². The van der Waals surface area contributed by atoms with Crippen LogP contribution in [0.2, 0.25) is 0 Å². The lowest BCUT2D eigenvalue weighted by molar-refractivity contribution is -0.135. The molecule has 1 amide bonds. The summed E-state index contributed by atoms with van der Waals surface area (Å²) in [4.78, 5) is 14.2. The number of carbonyl (C=O) groups excluding carboxylic acids is 1. The van der Waals surface area contributed by atoms with Crippen LogP contribution in [0, 0.1) is 5.41 Å². The highest BCUT2D eigenvalue weighted by Gasteiger charge is 2.38. The number of nitrogens with one attached hydrogen (secondary N) is 1. The molecule has 1 aromatic carbocycles. The fraction of sp³-hybridized carbons (Fsp3) is 0.588. The van der Waals surface area contributed by atoms with Gasteiger partial charge in [0.25, 0.3) is 5.91 Å². The Hall–Kier alpha value is -1.75. The van der Waals surface area contributed by atoms with E-state index in [0.29, 0.717) is 16.9 Å². The number of likely N-dealkylation sites (tertiary alicyclic amines) is 1. The second-order valence-electron chi connectivity index (χ2n) is 6.25. The van der Waals surface area contributed by atoms with Gasteiger partial charge in [0.15, 0.2) is 18.1 Å². The quantitative estimate of drug-likeness (QED) is 0.919. The van der Waals surface area contributed by atoms with Crippen LogP contribution in [0.4, 0.5) is 0 Å². The van der Waals surface area contributed by atoms with Crippen molar-refractivity contribution in [1.29, 1.82) is 0 Å². The third kappa shape index (κ3) is 3.19. The predicted molar refractivity (Wildman–Crippen MR) is 84.2 cm³/mol. The van der Waals surface area contributed by atoms with Crippen molar-refractivity contribution in [3.63, 3.8) is 0 Å². The van der Waals surface area contributed by atoms with Crippen molar-refractivity contribution >= 4 is 5.91 Å². The normalized spacial score (nSPS) is 20.1. The van der Waals surface area contributed by atoms with Gasteiger partial charge < -0.3 is 19.7 Å². The molecule has 3 rings (SSSR count). The maximum absolute atomic E-state index is 12.3. The van der Waals surface area contributed by atoms with Gasteiger partial charge in [0.1, 0.15) is 0 Å². The molecule has 120 valence electrons. The van der Waals surface area contributed by atoms with Gasteiger partial charge in [-0.15, -0.1) is 0 Å². The van der Waals surface area contributed by atoms with E-state index in [-0.39, 0.29) is 12.5 Å². The van der Waals surface area contributed by atoms with Gasteiger partial charge in [-0.25, -0.2) is 0 Å². The van der Waals surface area contributed by atoms with E-state index in [9.17, 15) is 4.79 Å². The smallest absolute Gasteiger partial charge is 0.260 e. The molecule has 2 aliphatic heterocycles. The third-order valence-electron chi connectivity index (χ3n) is 4.93. The number of rotatable bonds is 4. The second-order valence-corrected chi connectivity index (χ2v) is 6.25. The SMILES string of the molecule is COc1ccccc1OCC(=O)N1CCC2(CCNC2)CC1. The van der Waals surface area contributed by atoms with Gasteiger partial charge in [-0.1, -0.05) is 12.1 Å². The molecule has 0 atom stereocenters. The van der Waals surface area contributed by atoms with Gasteiger partial charge >= 0.3 is 0 Å². The Morgan fingerprint density at radius 3 is 2.59 bits per heavy atom. The minimum Gasteiger partial charge on any atom is -0.493 e. The Bertz CT molecular complexity index is 516. The Balaban J connectivity index is 1.50. The summed E-state index contributed by atoms with van der Waals surface area (Å²) in [6.45, 7) is 3.98. The van der Waals surface area contributed by atoms with Gasteiger partial charge in [-0.05, 0) is 43.4 Å². The fourth-order valence-electron chi connectivity index (χ4n) is 3.42. The molecular formula is C17H24N2O3. The lowest BCUT2D eigenvalue weighted by atomic mass is 9.78. The van der Waals surface area contributed by atoms with Crippen LogP contribution >= 0.6 is 0 Å². The van der Waals surface area contributed by atoms with Crippen molar-refractivity contribution in [1.82, 2.24) is 10.2 Å². The Kier molecular flexibility index (Phi) is 4.52. The number of hydrogen-bond acceptors (Lipinski definition) is 4. The van der Waals surface area contributed by atoms with Crippen molar-refractivity contribution in [3.8, 4) is 11.5 Å². The Labute approximate surface area is 131 Å². The van der Waals surface area contributed by atoms with Crippen LogP contribution in [-0.2, 0) is 4.79 Å². The summed E-state index contributed by atoms with van der Waals surface area (Å²) in [5.41, 5.74) is 0.431. The fourth-order valence-corrected chi connectivity index (χ4v) is 3.42. The molecule has 2 aliphatic rings. The van der Waals surface area contributed by atoms with Crippen LogP contribution in [0.3, 0.4) is 0 Å². The zero-order chi connectivity index (χ0) is 15.4. The summed E-state index contributed by atoms with van der Waals surface area (Å²) in [6.07, 6.45) is 3.44. The lowest BCUT2D eigenvalue weighted by Crippen LogP contribution is -2.45. The molecule has 0 saturated carbocycles. The number of amides is 1. The van der Waals surface area contributed by atoms with Crippen LogP contribution in [0.1, 0.15) is 19.3 Å². The van der Waals surface area contributed by atoms with E-state index < -0.39 is 0 Å². The van der Waals surface area contributed by atoms with Crippen LogP contribution in [0.5, 0.6) is 11.5 Å². The number of methoxy groups -OCH3 is 1. The number of para-hydroxylation sites is 2. The average Bonchev–Trinajstić information content (AvgIpc) is 3.01. The van der Waals surface area contributed by atoms with Crippen molar-refractivity contribution in [3.05, 3.63) is 24.3 Å². The number of piperidine rings is 1. The summed E-state index contributed by atoms with van der Waals surface area (Å²) >= 11 is 0. The van der Waals surface area contributed by atoms with Crippen molar-refractivity contribution < 1.29 is 14.3 Å². The molecule has 22 heavy (non-hydrogen) atoms. The van der Waals surface area contributed by atoms with Crippen molar-refractivity contribution in [2.75, 3.05) is 39.9 Å². The average molecular weight is 304 g/mol. The first kappa shape index (κ1) is 15.2. The number of carbonyl (C=O) groups is 1. The first-order chi connectivity index (χ1) is 10.7. The molecule has 0 aliphatic carbocycles. The monoisotopic (exact) mass is 304 g/mol. The number of benzene rings is 1. The highest BCUT2D eigenvalue weighted by Crippen LogP contribution is 2.36. The third-order valence-corrected chi connectivity index (χ3v) is 4.93. The zero-order valence-corrected chi connectivity index (χ0v) is 13.1. The largest absolute Gasteiger partial charge is 0.493 e. The maximum Gasteiger partial charge on any atom is 0.260 e. The standard InChI is InChI=1S/C17H24N2O3/c1-21-14-4-2-3-5-15(14)22-12-16(20)19-10-7-17(8-11-19)6-9-18-13-17/h2-5,18H,6-13H2,1H3. The maximum atomic E-state index is 12.3. The second kappa shape index (κ2) is 6.57. The summed E-state index contributed by atoms with van der Waals surface area (Å²) < 4.78 is 10.9. The first-order valence-corrected chi connectivity index (χ1v) is 7.97. The van der Waals surface area contributed by atoms with Crippen LogP contribution < -0.4 is 14.8 Å². The summed E-state index contributed by atoms with van der Waals surface area (Å²) in [5.74, 6) is 1.34. The number of hydrogen-bond donors (Lipinski definition) is 1. The molecule has 2 fully saturated rings. The van der Waals surface area contributed by atoms with E-state index in [1.54, 1.807) is 7.11 Å². The molecule has 1 aromatic rings. The van der Waals surface area contributed by atoms with Gasteiger partial charge in [-0.3, -0.25) is 4.79 Å². The molecule has 2 heterocycles. The highest BCUT2D eigenvalue weighted by molar-refractivity contribution is 5.78. The van der Waals surface area contributed by atoms with Crippen molar-refractivity contribution in [2.45, 2.75) is 19.3 Å². The minimum absolute atomic E-state index is 0.0618. The van der Waals surface area contributed by atoms with Crippen molar-refractivity contribution in [2.24, 2.45) is 5.41 Å². The molecule has 0 unspecified atom stereocenters. The van der Waals surface area contributed by atoms with Crippen LogP contribution in [0.25, 0.3) is 0 Å². The number of ether oxygens (including phenoxy) is 2. The summed E-state index contributed by atoms with van der Waals surface area (Å²) in [7, 11) is 1.60. The van der Waals surface area contributed by atoms with E-state index in [1.165, 1.54) is 6.42 Å². The van der Waals surface area contributed by atoms with Gasteiger partial charge in [0.2, 0.25) is 0 Å². The molecule has 2 saturated heterocycles. The molecule has 1 spiro atoms. The topological polar surface area (TPSA) is 50.8 Å². The van der Waals surface area contributed by atoms with E-state index in [4.69, 9.17) is 9.47 Å². The van der Waals surface area contributed by atoms with Crippen LogP contribution in [-0.4, -0.2) is 50.7 Å². The molecule has 5 nitrogen and oxygen atoms in total. The van der Waals surface area contributed by atoms with Gasteiger partial charge in [-0.2, -0.15) is 0 Å². The molecule has 0 aromatic heterocycles. The van der Waals surface area contributed by atoms with Crippen LogP contribution in [0.15, 0.2) is 24.3 Å². The molecule has 0 bridgehead atoms. The molecule has 0 radical (unpaired) electrons. The Morgan fingerprint density at radius 1 is 1.23 bits per heavy atom. The molecular weight excluding hydrogens is 280 g/mol. The lowest BCUT2D eigenvalue weighted by Gasteiger charge is -2.38. The van der Waals surface area contributed by atoms with E-state index >= 15 is 0 Å². The molecule has 1 N–H and O–H groups in total. The molecule has 5 heteroatoms. The highest BCUT2D eigenvalue weighted by atomic mass is 16.5. The Morgan fingerprint density at radius 2 is 1.95 bits per heavy atom. The first-order valence-electron chi connectivity index (χ1n) is 7.97. The van der Waals surface area contributed by atoms with E-state index in [2.05, 4.69) is 5.32 Å². The van der Waals surface area contributed by atoms with E-state index in [1.807, 2.05) is 29.2 Å². The predicted octanol–water partition coefficient (Wildman–Crippen LogP) is 1.68. The number of nitrogens with zero attached hydrogens (tertiary/aromatic N) is 1. The zero-order valence-electron chi connectivity index (χ0n) is 13.1. The summed E-state index contributed by atoms with van der Waals surface area (Å²) in [6, 6.07) is 7.41. The van der Waals surface area contributed by atoms with Gasteiger partial charge in [0, 0.05) is 19.6 Å². The minimum atomic E-state index is 0.0618. The van der Waals surface area contributed by atoms with E-state index in [0.717, 1.165) is 39.0 Å².